The van der Waals surface area contributed by atoms with Gasteiger partial charge < -0.3 is 15.4 Å². The van der Waals surface area contributed by atoms with Gasteiger partial charge in [-0.25, -0.2) is 4.39 Å². The molecule has 3 rings (SSSR count). The minimum atomic E-state index is -0.348. The lowest BCUT2D eigenvalue weighted by atomic mass is 10.1. The third-order valence-corrected chi connectivity index (χ3v) is 6.15. The highest BCUT2D eigenvalue weighted by molar-refractivity contribution is 8.02. The molecular weight excluding hydrogens is 411 g/mol. The predicted molar refractivity (Wildman–Crippen MR) is 114 cm³/mol. The van der Waals surface area contributed by atoms with Crippen LogP contribution in [0, 0.1) is 5.82 Å². The number of thioether (sulfide) groups is 1. The van der Waals surface area contributed by atoms with Crippen molar-refractivity contribution in [2.75, 3.05) is 12.4 Å². The van der Waals surface area contributed by atoms with E-state index in [2.05, 4.69) is 20.8 Å². The molecule has 2 N–H and O–H groups in total. The number of rotatable bonds is 8. The van der Waals surface area contributed by atoms with Gasteiger partial charge in [0.15, 0.2) is 4.34 Å². The van der Waals surface area contributed by atoms with E-state index >= 15 is 0 Å². The first-order valence-corrected chi connectivity index (χ1v) is 10.6. The van der Waals surface area contributed by atoms with E-state index in [1.807, 2.05) is 38.1 Å². The monoisotopic (exact) mass is 432 g/mol. The Labute approximate surface area is 176 Å². The zero-order valence-electron chi connectivity index (χ0n) is 16.2. The van der Waals surface area contributed by atoms with Gasteiger partial charge >= 0.3 is 0 Å². The lowest BCUT2D eigenvalue weighted by molar-refractivity contribution is -0.120. The number of methoxy groups -OCH3 is 1. The Hall–Kier alpha value is -2.65. The van der Waals surface area contributed by atoms with Gasteiger partial charge in [-0.05, 0) is 55.8 Å². The van der Waals surface area contributed by atoms with Crippen molar-refractivity contribution in [3.63, 3.8) is 0 Å². The van der Waals surface area contributed by atoms with Crippen molar-refractivity contribution in [3.05, 3.63) is 59.9 Å². The Bertz CT molecular complexity index is 948. The fourth-order valence-electron chi connectivity index (χ4n) is 2.48. The lowest BCUT2D eigenvalue weighted by Gasteiger charge is -2.17. The number of nitrogens with one attached hydrogen (secondary N) is 2. The zero-order valence-corrected chi connectivity index (χ0v) is 17.8. The van der Waals surface area contributed by atoms with Crippen molar-refractivity contribution in [1.29, 1.82) is 0 Å². The Morgan fingerprint density at radius 3 is 2.45 bits per heavy atom. The molecule has 1 aromatic heterocycles. The maximum Gasteiger partial charge on any atom is 0.233 e. The summed E-state index contributed by atoms with van der Waals surface area (Å²) in [6.07, 6.45) is 0. The number of hydrogen-bond donors (Lipinski definition) is 2. The van der Waals surface area contributed by atoms with E-state index in [4.69, 9.17) is 4.74 Å². The molecule has 9 heteroatoms. The molecule has 3 aromatic rings. The van der Waals surface area contributed by atoms with Crippen LogP contribution in [-0.4, -0.2) is 28.5 Å². The summed E-state index contributed by atoms with van der Waals surface area (Å²) < 4.78 is 18.9. The van der Waals surface area contributed by atoms with Gasteiger partial charge in [-0.3, -0.25) is 4.79 Å². The molecule has 152 valence electrons. The van der Waals surface area contributed by atoms with Crippen molar-refractivity contribution in [2.45, 2.75) is 29.5 Å². The van der Waals surface area contributed by atoms with Crippen LogP contribution >= 0.6 is 23.1 Å². The van der Waals surface area contributed by atoms with Crippen LogP contribution in [-0.2, 0) is 4.79 Å². The molecule has 6 nitrogen and oxygen atoms in total. The Morgan fingerprint density at radius 1 is 1.10 bits per heavy atom. The average Bonchev–Trinajstić information content (AvgIpc) is 3.15. The normalized spacial score (nSPS) is 12.8. The molecule has 0 spiro atoms. The molecule has 2 aromatic carbocycles. The zero-order chi connectivity index (χ0) is 20.8. The molecule has 0 aliphatic carbocycles. The van der Waals surface area contributed by atoms with Gasteiger partial charge in [0.1, 0.15) is 11.6 Å². The number of anilines is 2. The number of aromatic nitrogens is 2. The Morgan fingerprint density at radius 2 is 1.79 bits per heavy atom. The van der Waals surface area contributed by atoms with Gasteiger partial charge in [0.2, 0.25) is 11.0 Å². The van der Waals surface area contributed by atoms with Crippen molar-refractivity contribution < 1.29 is 13.9 Å². The first-order chi connectivity index (χ1) is 13.9. The highest BCUT2D eigenvalue weighted by Crippen LogP contribution is 2.31. The lowest BCUT2D eigenvalue weighted by Crippen LogP contribution is -2.33. The number of ether oxygens (including phenoxy) is 1. The SMILES string of the molecule is COc1ccc(Nc2nnc(S[C@H](C)C(=O)N[C@H](C)c3ccc(F)cc3)s2)cc1. The number of halogens is 1. The van der Waals surface area contributed by atoms with Crippen molar-refractivity contribution >= 4 is 39.8 Å². The van der Waals surface area contributed by atoms with E-state index < -0.39 is 0 Å². The average molecular weight is 433 g/mol. The van der Waals surface area contributed by atoms with E-state index in [9.17, 15) is 9.18 Å². The smallest absolute Gasteiger partial charge is 0.233 e. The molecule has 29 heavy (non-hydrogen) atoms. The summed E-state index contributed by atoms with van der Waals surface area (Å²) in [4.78, 5) is 12.5. The molecule has 0 fully saturated rings. The second-order valence-corrected chi connectivity index (χ2v) is 8.83. The number of amides is 1. The first-order valence-electron chi connectivity index (χ1n) is 8.91. The third kappa shape index (κ3) is 5.91. The summed E-state index contributed by atoms with van der Waals surface area (Å²) in [6.45, 7) is 3.68. The van der Waals surface area contributed by atoms with E-state index in [0.717, 1.165) is 17.0 Å². The summed E-state index contributed by atoms with van der Waals surface area (Å²) >= 11 is 2.72. The number of carbonyl (C=O) groups is 1. The van der Waals surface area contributed by atoms with Gasteiger partial charge in [0.25, 0.3) is 0 Å². The van der Waals surface area contributed by atoms with Crippen LogP contribution in [0.15, 0.2) is 52.9 Å². The van der Waals surface area contributed by atoms with Gasteiger partial charge in [0.05, 0.1) is 18.4 Å². The largest absolute Gasteiger partial charge is 0.497 e. The number of benzene rings is 2. The second kappa shape index (κ2) is 9.71. The van der Waals surface area contributed by atoms with Crippen LogP contribution in [0.4, 0.5) is 15.2 Å². The maximum absolute atomic E-state index is 13.0. The van der Waals surface area contributed by atoms with Gasteiger partial charge in [0, 0.05) is 5.69 Å². The van der Waals surface area contributed by atoms with Crippen LogP contribution in [0.25, 0.3) is 0 Å². The van der Waals surface area contributed by atoms with Gasteiger partial charge in [-0.15, -0.1) is 10.2 Å². The molecule has 0 saturated heterocycles. The van der Waals surface area contributed by atoms with Crippen LogP contribution in [0.2, 0.25) is 0 Å². The molecule has 0 unspecified atom stereocenters. The summed E-state index contributed by atoms with van der Waals surface area (Å²) in [5.41, 5.74) is 1.72. The van der Waals surface area contributed by atoms with E-state index in [-0.39, 0.29) is 23.0 Å². The summed E-state index contributed by atoms with van der Waals surface area (Å²) in [7, 11) is 1.62. The van der Waals surface area contributed by atoms with Crippen molar-refractivity contribution in [3.8, 4) is 5.75 Å². The standard InChI is InChI=1S/C20H21FN4O2S2/c1-12(14-4-6-15(21)7-5-14)22-18(26)13(2)28-20-25-24-19(29-20)23-16-8-10-17(27-3)11-9-16/h4-13H,1-3H3,(H,22,26)(H,23,24)/t12-,13-/m1/s1. The molecule has 1 heterocycles. The van der Waals surface area contributed by atoms with Crippen LogP contribution in [0.5, 0.6) is 5.75 Å². The molecule has 1 amide bonds. The van der Waals surface area contributed by atoms with E-state index in [0.29, 0.717) is 9.47 Å². The molecule has 2 atom stereocenters. The number of nitrogens with zero attached hydrogens (tertiary/aromatic N) is 2. The Balaban J connectivity index is 1.53. The second-order valence-electron chi connectivity index (χ2n) is 6.27. The highest BCUT2D eigenvalue weighted by atomic mass is 32.2. The minimum absolute atomic E-state index is 0.119. The van der Waals surface area contributed by atoms with Crippen LogP contribution in [0.1, 0.15) is 25.5 Å². The Kier molecular flexibility index (Phi) is 7.05. The fourth-order valence-corrected chi connectivity index (χ4v) is 4.40. The number of carbonyl (C=O) groups excluding carboxylic acids is 1. The van der Waals surface area contributed by atoms with E-state index in [1.54, 1.807) is 19.2 Å². The molecule has 0 saturated carbocycles. The predicted octanol–water partition coefficient (Wildman–Crippen LogP) is 4.79. The fraction of sp³-hybridized carbons (Fsp3) is 0.250. The summed E-state index contributed by atoms with van der Waals surface area (Å²) in [5, 5.41) is 14.7. The van der Waals surface area contributed by atoms with Crippen LogP contribution < -0.4 is 15.4 Å². The van der Waals surface area contributed by atoms with Gasteiger partial charge in [-0.1, -0.05) is 35.2 Å². The first kappa shape index (κ1) is 21.1. The number of hydrogen-bond acceptors (Lipinski definition) is 7. The maximum atomic E-state index is 13.0. The molecule has 0 radical (unpaired) electrons. The van der Waals surface area contributed by atoms with Crippen LogP contribution in [0.3, 0.4) is 0 Å². The molecular formula is C20H21FN4O2S2. The molecule has 0 aliphatic heterocycles. The quantitative estimate of drug-likeness (QED) is 0.499. The molecule has 0 bridgehead atoms. The minimum Gasteiger partial charge on any atom is -0.497 e. The topological polar surface area (TPSA) is 76.1 Å². The third-order valence-electron chi connectivity index (χ3n) is 4.12. The van der Waals surface area contributed by atoms with Gasteiger partial charge in [-0.2, -0.15) is 0 Å². The van der Waals surface area contributed by atoms with Crippen molar-refractivity contribution in [1.82, 2.24) is 15.5 Å². The van der Waals surface area contributed by atoms with Crippen molar-refractivity contribution in [2.24, 2.45) is 0 Å². The van der Waals surface area contributed by atoms with E-state index in [1.165, 1.54) is 35.2 Å². The highest BCUT2D eigenvalue weighted by Gasteiger charge is 2.19. The summed E-state index contributed by atoms with van der Waals surface area (Å²) in [5.74, 6) is 0.358. The summed E-state index contributed by atoms with van der Waals surface area (Å²) in [6, 6.07) is 13.4. The molecule has 0 aliphatic rings.